The summed E-state index contributed by atoms with van der Waals surface area (Å²) in [4.78, 5) is 16.0. The fourth-order valence-electron chi connectivity index (χ4n) is 3.77. The highest BCUT2D eigenvalue weighted by Gasteiger charge is 2.23. The van der Waals surface area contributed by atoms with Crippen molar-refractivity contribution >= 4 is 11.8 Å². The van der Waals surface area contributed by atoms with Gasteiger partial charge in [0.2, 0.25) is 0 Å². The minimum atomic E-state index is -0.286. The summed E-state index contributed by atoms with van der Waals surface area (Å²) in [6, 6.07) is 11.1. The van der Waals surface area contributed by atoms with Gasteiger partial charge in [0.25, 0.3) is 0 Å². The average molecular weight is 370 g/mol. The maximum absolute atomic E-state index is 13.9. The van der Waals surface area contributed by atoms with Crippen LogP contribution in [0.4, 0.5) is 14.9 Å². The Morgan fingerprint density at radius 3 is 2.30 bits per heavy atom. The normalized spacial score (nSPS) is 14.4. The van der Waals surface area contributed by atoms with Gasteiger partial charge in [-0.05, 0) is 49.6 Å². The molecule has 4 nitrogen and oxygen atoms in total. The Balaban J connectivity index is 1.48. The third kappa shape index (κ3) is 4.59. The first-order chi connectivity index (χ1) is 13.0. The van der Waals surface area contributed by atoms with Gasteiger partial charge in [0.05, 0.1) is 12.3 Å². The Kier molecular flexibility index (Phi) is 5.99. The number of benzene rings is 2. The molecule has 0 atom stereocenters. The smallest absolute Gasteiger partial charge is 0.409 e. The van der Waals surface area contributed by atoms with Gasteiger partial charge in [0.1, 0.15) is 5.82 Å². The molecule has 144 valence electrons. The van der Waals surface area contributed by atoms with Gasteiger partial charge in [0.15, 0.2) is 0 Å². The van der Waals surface area contributed by atoms with Crippen LogP contribution >= 0.6 is 0 Å². The molecule has 0 N–H and O–H groups in total. The lowest BCUT2D eigenvalue weighted by molar-refractivity contribution is 0.101. The van der Waals surface area contributed by atoms with Crippen LogP contribution in [0.1, 0.15) is 22.3 Å². The first-order valence-corrected chi connectivity index (χ1v) is 9.43. The number of para-hydroxylation sites is 1. The number of piperazine rings is 1. The predicted octanol–water partition coefficient (Wildman–Crippen LogP) is 4.25. The van der Waals surface area contributed by atoms with E-state index >= 15 is 0 Å². The Morgan fingerprint density at radius 1 is 1.04 bits per heavy atom. The summed E-state index contributed by atoms with van der Waals surface area (Å²) in [5, 5.41) is 0. The zero-order valence-corrected chi connectivity index (χ0v) is 16.3. The van der Waals surface area contributed by atoms with Crippen LogP contribution in [0.5, 0.6) is 0 Å². The molecule has 0 spiro atoms. The molecule has 1 aliphatic heterocycles. The van der Waals surface area contributed by atoms with Gasteiger partial charge in [-0.1, -0.05) is 29.8 Å². The highest BCUT2D eigenvalue weighted by Crippen LogP contribution is 2.21. The van der Waals surface area contributed by atoms with Gasteiger partial charge in [-0.2, -0.15) is 0 Å². The van der Waals surface area contributed by atoms with Crippen molar-refractivity contribution in [2.75, 3.05) is 37.7 Å². The second-order valence-corrected chi connectivity index (χ2v) is 7.17. The van der Waals surface area contributed by atoms with Crippen LogP contribution in [-0.4, -0.2) is 43.8 Å². The zero-order chi connectivity index (χ0) is 19.4. The van der Waals surface area contributed by atoms with Crippen LogP contribution in [0.15, 0.2) is 36.4 Å². The molecule has 2 aromatic rings. The molecule has 0 radical (unpaired) electrons. The molecule has 3 rings (SSSR count). The first kappa shape index (κ1) is 19.2. The van der Waals surface area contributed by atoms with E-state index < -0.39 is 0 Å². The molecule has 0 aromatic heterocycles. The number of aryl methyl sites for hydroxylation is 3. The number of carbonyl (C=O) groups excluding carboxylic acids is 1. The Bertz CT molecular complexity index is 791. The van der Waals surface area contributed by atoms with Crippen LogP contribution < -0.4 is 4.90 Å². The summed E-state index contributed by atoms with van der Waals surface area (Å²) in [6.07, 6.45) is 0.435. The van der Waals surface area contributed by atoms with E-state index in [1.54, 1.807) is 17.0 Å². The molecule has 1 fully saturated rings. The van der Waals surface area contributed by atoms with Crippen LogP contribution in [-0.2, 0) is 11.2 Å². The predicted molar refractivity (Wildman–Crippen MR) is 106 cm³/mol. The largest absolute Gasteiger partial charge is 0.449 e. The van der Waals surface area contributed by atoms with Gasteiger partial charge >= 0.3 is 6.09 Å². The van der Waals surface area contributed by atoms with E-state index in [4.69, 9.17) is 4.74 Å². The van der Waals surface area contributed by atoms with Gasteiger partial charge in [-0.3, -0.25) is 0 Å². The van der Waals surface area contributed by atoms with Crippen molar-refractivity contribution in [1.29, 1.82) is 0 Å². The van der Waals surface area contributed by atoms with Gasteiger partial charge in [-0.15, -0.1) is 0 Å². The number of ether oxygens (including phenoxy) is 1. The lowest BCUT2D eigenvalue weighted by Crippen LogP contribution is -2.49. The summed E-state index contributed by atoms with van der Waals surface area (Å²) >= 11 is 0. The van der Waals surface area contributed by atoms with Crippen molar-refractivity contribution in [3.63, 3.8) is 0 Å². The molecule has 2 aromatic carbocycles. The SMILES string of the molecule is Cc1cc(C)c(CCOC(=O)N2CCN(c3ccccc3F)CC2)c(C)c1. The zero-order valence-electron chi connectivity index (χ0n) is 16.3. The molecule has 1 amide bonds. The first-order valence-electron chi connectivity index (χ1n) is 9.43. The van der Waals surface area contributed by atoms with Crippen molar-refractivity contribution in [2.24, 2.45) is 0 Å². The molecule has 0 aliphatic carbocycles. The molecular weight excluding hydrogens is 343 g/mol. The molecule has 5 heteroatoms. The summed E-state index contributed by atoms with van der Waals surface area (Å²) in [7, 11) is 0. The summed E-state index contributed by atoms with van der Waals surface area (Å²) < 4.78 is 19.4. The number of amides is 1. The summed E-state index contributed by atoms with van der Waals surface area (Å²) in [6.45, 7) is 8.93. The number of rotatable bonds is 4. The van der Waals surface area contributed by atoms with Crippen LogP contribution in [0.25, 0.3) is 0 Å². The Hall–Kier alpha value is -2.56. The third-order valence-electron chi connectivity index (χ3n) is 5.15. The number of halogens is 1. The molecule has 1 aliphatic rings. The monoisotopic (exact) mass is 370 g/mol. The minimum absolute atomic E-state index is 0.225. The standard InChI is InChI=1S/C22H27FN2O2/c1-16-14-17(2)19(18(3)15-16)8-13-27-22(26)25-11-9-24(10-12-25)21-7-5-4-6-20(21)23/h4-7,14-15H,8-13H2,1-3H3. The van der Waals surface area contributed by atoms with E-state index in [2.05, 4.69) is 32.9 Å². The Labute approximate surface area is 160 Å². The maximum Gasteiger partial charge on any atom is 0.409 e. The van der Waals surface area contributed by atoms with Crippen molar-refractivity contribution in [1.82, 2.24) is 4.90 Å². The van der Waals surface area contributed by atoms with Gasteiger partial charge < -0.3 is 14.5 Å². The molecule has 0 bridgehead atoms. The average Bonchev–Trinajstić information content (AvgIpc) is 2.64. The fraction of sp³-hybridized carbons (Fsp3) is 0.409. The maximum atomic E-state index is 13.9. The highest BCUT2D eigenvalue weighted by molar-refractivity contribution is 5.68. The van der Waals surface area contributed by atoms with Crippen molar-refractivity contribution < 1.29 is 13.9 Å². The van der Waals surface area contributed by atoms with E-state index in [0.29, 0.717) is 38.5 Å². The quantitative estimate of drug-likeness (QED) is 0.806. The Morgan fingerprint density at radius 2 is 1.67 bits per heavy atom. The summed E-state index contributed by atoms with van der Waals surface area (Å²) in [5.74, 6) is -0.225. The molecule has 27 heavy (non-hydrogen) atoms. The van der Waals surface area contributed by atoms with Crippen LogP contribution in [0.2, 0.25) is 0 Å². The van der Waals surface area contributed by atoms with Crippen molar-refractivity contribution in [2.45, 2.75) is 27.2 Å². The topological polar surface area (TPSA) is 32.8 Å². The van der Waals surface area contributed by atoms with Crippen molar-refractivity contribution in [3.8, 4) is 0 Å². The number of anilines is 1. The molecular formula is C22H27FN2O2. The van der Waals surface area contributed by atoms with Gasteiger partial charge in [0, 0.05) is 32.6 Å². The lowest BCUT2D eigenvalue weighted by Gasteiger charge is -2.35. The lowest BCUT2D eigenvalue weighted by atomic mass is 9.98. The van der Waals surface area contributed by atoms with Gasteiger partial charge in [-0.25, -0.2) is 9.18 Å². The molecule has 1 saturated heterocycles. The minimum Gasteiger partial charge on any atom is -0.449 e. The van der Waals surface area contributed by atoms with Crippen LogP contribution in [0, 0.1) is 26.6 Å². The second kappa shape index (κ2) is 8.42. The van der Waals surface area contributed by atoms with Crippen LogP contribution in [0.3, 0.4) is 0 Å². The summed E-state index contributed by atoms with van der Waals surface area (Å²) in [5.41, 5.74) is 5.57. The van der Waals surface area contributed by atoms with E-state index in [1.165, 1.54) is 28.3 Å². The van der Waals surface area contributed by atoms with E-state index in [-0.39, 0.29) is 11.9 Å². The van der Waals surface area contributed by atoms with E-state index in [0.717, 1.165) is 6.42 Å². The van der Waals surface area contributed by atoms with Crippen molar-refractivity contribution in [3.05, 3.63) is 64.5 Å². The molecule has 1 heterocycles. The highest BCUT2D eigenvalue weighted by atomic mass is 19.1. The third-order valence-corrected chi connectivity index (χ3v) is 5.15. The number of hydrogen-bond donors (Lipinski definition) is 0. The molecule has 0 unspecified atom stereocenters. The van der Waals surface area contributed by atoms with E-state index in [9.17, 15) is 9.18 Å². The van der Waals surface area contributed by atoms with E-state index in [1.807, 2.05) is 11.0 Å². The molecule has 0 saturated carbocycles. The second-order valence-electron chi connectivity index (χ2n) is 7.17. The number of hydrogen-bond acceptors (Lipinski definition) is 3. The number of nitrogens with zero attached hydrogens (tertiary/aromatic N) is 2. The fourth-order valence-corrected chi connectivity index (χ4v) is 3.77. The number of carbonyl (C=O) groups is 1.